The van der Waals surface area contributed by atoms with Gasteiger partial charge >= 0.3 is 0 Å². The van der Waals surface area contributed by atoms with Gasteiger partial charge in [-0.15, -0.1) is 0 Å². The summed E-state index contributed by atoms with van der Waals surface area (Å²) in [6.07, 6.45) is 6.57. The van der Waals surface area contributed by atoms with Crippen LogP contribution in [0.25, 0.3) is 0 Å². The molecule has 0 radical (unpaired) electrons. The summed E-state index contributed by atoms with van der Waals surface area (Å²) >= 11 is 0. The first-order valence-corrected chi connectivity index (χ1v) is 8.15. The average Bonchev–Trinajstić information content (AvgIpc) is 2.49. The Morgan fingerprint density at radius 3 is 2.48 bits per heavy atom. The third-order valence-corrected chi connectivity index (χ3v) is 4.66. The van der Waals surface area contributed by atoms with E-state index in [1.807, 2.05) is 19.3 Å². The quantitative estimate of drug-likeness (QED) is 0.837. The fourth-order valence-electron chi connectivity index (χ4n) is 3.47. The fraction of sp³-hybridized carbons (Fsp3) is 0.750. The highest BCUT2D eigenvalue weighted by Crippen LogP contribution is 2.18. The van der Waals surface area contributed by atoms with E-state index in [0.29, 0.717) is 0 Å². The van der Waals surface area contributed by atoms with Crippen molar-refractivity contribution in [1.82, 2.24) is 19.8 Å². The average molecular weight is 289 g/mol. The summed E-state index contributed by atoms with van der Waals surface area (Å²) in [6, 6.07) is 0. The Morgan fingerprint density at radius 2 is 1.81 bits per heavy atom. The van der Waals surface area contributed by atoms with Gasteiger partial charge < -0.3 is 9.80 Å². The number of anilines is 1. The zero-order valence-corrected chi connectivity index (χ0v) is 13.3. The summed E-state index contributed by atoms with van der Waals surface area (Å²) in [5.41, 5.74) is 1.12. The SMILES string of the molecule is Cc1cnc(N2CCN(CC3CCCN(C)C3)CC2)nc1. The van der Waals surface area contributed by atoms with Crippen molar-refractivity contribution in [1.29, 1.82) is 0 Å². The predicted octanol–water partition coefficient (Wildman–Crippen LogP) is 1.25. The van der Waals surface area contributed by atoms with E-state index in [-0.39, 0.29) is 0 Å². The van der Waals surface area contributed by atoms with E-state index < -0.39 is 0 Å². The minimum Gasteiger partial charge on any atom is -0.338 e. The summed E-state index contributed by atoms with van der Waals surface area (Å²) in [6.45, 7) is 10.2. The molecule has 0 bridgehead atoms. The molecule has 0 spiro atoms. The van der Waals surface area contributed by atoms with Gasteiger partial charge in [0.2, 0.25) is 5.95 Å². The highest BCUT2D eigenvalue weighted by Gasteiger charge is 2.23. The van der Waals surface area contributed by atoms with Crippen LogP contribution in [0.2, 0.25) is 0 Å². The van der Waals surface area contributed by atoms with Gasteiger partial charge in [-0.25, -0.2) is 9.97 Å². The van der Waals surface area contributed by atoms with E-state index >= 15 is 0 Å². The van der Waals surface area contributed by atoms with Crippen LogP contribution in [0.3, 0.4) is 0 Å². The van der Waals surface area contributed by atoms with Gasteiger partial charge in [-0.1, -0.05) is 0 Å². The second-order valence-electron chi connectivity index (χ2n) is 6.62. The predicted molar refractivity (Wildman–Crippen MR) is 85.6 cm³/mol. The molecule has 0 N–H and O–H groups in total. The summed E-state index contributed by atoms with van der Waals surface area (Å²) in [7, 11) is 2.25. The van der Waals surface area contributed by atoms with E-state index in [4.69, 9.17) is 0 Å². The van der Waals surface area contributed by atoms with Gasteiger partial charge in [0.05, 0.1) is 0 Å². The number of likely N-dealkylation sites (tertiary alicyclic amines) is 1. The van der Waals surface area contributed by atoms with Crippen molar-refractivity contribution in [3.63, 3.8) is 0 Å². The Labute approximate surface area is 128 Å². The largest absolute Gasteiger partial charge is 0.338 e. The van der Waals surface area contributed by atoms with Gasteiger partial charge in [0.15, 0.2) is 0 Å². The Hall–Kier alpha value is -1.20. The first-order chi connectivity index (χ1) is 10.2. The molecule has 3 heterocycles. The summed E-state index contributed by atoms with van der Waals surface area (Å²) in [5, 5.41) is 0. The lowest BCUT2D eigenvalue weighted by atomic mass is 9.97. The van der Waals surface area contributed by atoms with E-state index in [2.05, 4.69) is 31.7 Å². The van der Waals surface area contributed by atoms with Crippen LogP contribution in [0.5, 0.6) is 0 Å². The van der Waals surface area contributed by atoms with Gasteiger partial charge in [-0.05, 0) is 44.8 Å². The molecule has 0 aromatic carbocycles. The van der Waals surface area contributed by atoms with Crippen LogP contribution in [-0.2, 0) is 0 Å². The molecule has 2 aliphatic rings. The molecule has 5 heteroatoms. The molecule has 2 fully saturated rings. The molecule has 1 aromatic heterocycles. The lowest BCUT2D eigenvalue weighted by Crippen LogP contribution is -2.49. The molecule has 1 aromatic rings. The second-order valence-corrected chi connectivity index (χ2v) is 6.62. The number of aromatic nitrogens is 2. The maximum Gasteiger partial charge on any atom is 0.225 e. The highest BCUT2D eigenvalue weighted by atomic mass is 15.3. The molecule has 21 heavy (non-hydrogen) atoms. The van der Waals surface area contributed by atoms with E-state index in [9.17, 15) is 0 Å². The molecule has 3 rings (SSSR count). The molecule has 1 atom stereocenters. The van der Waals surface area contributed by atoms with Gasteiger partial charge in [-0.3, -0.25) is 4.90 Å². The van der Waals surface area contributed by atoms with Crippen molar-refractivity contribution in [3.8, 4) is 0 Å². The number of hydrogen-bond donors (Lipinski definition) is 0. The van der Waals surface area contributed by atoms with Crippen LogP contribution in [0.4, 0.5) is 5.95 Å². The number of hydrogen-bond acceptors (Lipinski definition) is 5. The van der Waals surface area contributed by atoms with Crippen molar-refractivity contribution in [3.05, 3.63) is 18.0 Å². The molecule has 5 nitrogen and oxygen atoms in total. The van der Waals surface area contributed by atoms with Crippen molar-refractivity contribution in [2.45, 2.75) is 19.8 Å². The molecule has 2 aliphatic heterocycles. The Balaban J connectivity index is 1.47. The van der Waals surface area contributed by atoms with Crippen LogP contribution in [0, 0.1) is 12.8 Å². The molecular formula is C16H27N5. The van der Waals surface area contributed by atoms with Crippen LogP contribution < -0.4 is 4.90 Å². The maximum atomic E-state index is 4.44. The smallest absolute Gasteiger partial charge is 0.225 e. The van der Waals surface area contributed by atoms with Crippen molar-refractivity contribution < 1.29 is 0 Å². The lowest BCUT2D eigenvalue weighted by Gasteiger charge is -2.38. The molecule has 0 saturated carbocycles. The first-order valence-electron chi connectivity index (χ1n) is 8.15. The minimum absolute atomic E-state index is 0.853. The number of aryl methyl sites for hydroxylation is 1. The third-order valence-electron chi connectivity index (χ3n) is 4.66. The van der Waals surface area contributed by atoms with Crippen LogP contribution >= 0.6 is 0 Å². The first kappa shape index (κ1) is 14.7. The third kappa shape index (κ3) is 3.92. The van der Waals surface area contributed by atoms with Gasteiger partial charge in [0.1, 0.15) is 0 Å². The van der Waals surface area contributed by atoms with Crippen molar-refractivity contribution in [2.75, 3.05) is 57.8 Å². The number of nitrogens with zero attached hydrogens (tertiary/aromatic N) is 5. The zero-order chi connectivity index (χ0) is 14.7. The van der Waals surface area contributed by atoms with Crippen LogP contribution in [-0.4, -0.2) is 72.6 Å². The van der Waals surface area contributed by atoms with Gasteiger partial charge in [-0.2, -0.15) is 0 Å². The molecule has 1 unspecified atom stereocenters. The van der Waals surface area contributed by atoms with Crippen LogP contribution in [0.15, 0.2) is 12.4 Å². The molecule has 116 valence electrons. The second kappa shape index (κ2) is 6.71. The van der Waals surface area contributed by atoms with E-state index in [0.717, 1.165) is 43.6 Å². The van der Waals surface area contributed by atoms with E-state index in [1.165, 1.54) is 32.5 Å². The number of piperazine rings is 1. The van der Waals surface area contributed by atoms with Crippen LogP contribution in [0.1, 0.15) is 18.4 Å². The summed E-state index contributed by atoms with van der Waals surface area (Å²) in [5.74, 6) is 1.74. The molecule has 2 saturated heterocycles. The highest BCUT2D eigenvalue weighted by molar-refractivity contribution is 5.30. The number of piperidine rings is 1. The van der Waals surface area contributed by atoms with Crippen molar-refractivity contribution in [2.24, 2.45) is 5.92 Å². The monoisotopic (exact) mass is 289 g/mol. The Morgan fingerprint density at radius 1 is 1.10 bits per heavy atom. The fourth-order valence-corrected chi connectivity index (χ4v) is 3.47. The number of rotatable bonds is 3. The van der Waals surface area contributed by atoms with Gasteiger partial charge in [0, 0.05) is 51.7 Å². The standard InChI is InChI=1S/C16H27N5/c1-14-10-17-16(18-11-14)21-8-6-20(7-9-21)13-15-4-3-5-19(2)12-15/h10-11,15H,3-9,12-13H2,1-2H3. The minimum atomic E-state index is 0.853. The maximum absolute atomic E-state index is 4.44. The summed E-state index contributed by atoms with van der Waals surface area (Å²) in [4.78, 5) is 16.3. The zero-order valence-electron chi connectivity index (χ0n) is 13.3. The molecule has 0 aliphatic carbocycles. The molecular weight excluding hydrogens is 262 g/mol. The normalized spacial score (nSPS) is 25.2. The topological polar surface area (TPSA) is 35.5 Å². The summed E-state index contributed by atoms with van der Waals surface area (Å²) < 4.78 is 0. The lowest BCUT2D eigenvalue weighted by molar-refractivity contribution is 0.147. The van der Waals surface area contributed by atoms with E-state index in [1.54, 1.807) is 0 Å². The van der Waals surface area contributed by atoms with Crippen molar-refractivity contribution >= 4 is 5.95 Å². The van der Waals surface area contributed by atoms with Gasteiger partial charge in [0.25, 0.3) is 0 Å². The Bertz CT molecular complexity index is 438. The Kier molecular flexibility index (Phi) is 4.70. The molecule has 0 amide bonds.